The Hall–Kier alpha value is -3.82. The molecule has 31 heavy (non-hydrogen) atoms. The second-order valence-corrected chi connectivity index (χ2v) is 6.45. The lowest BCUT2D eigenvalue weighted by atomic mass is 10.0. The summed E-state index contributed by atoms with van der Waals surface area (Å²) in [4.78, 5) is 12.9. The van der Waals surface area contributed by atoms with Gasteiger partial charge in [-0.05, 0) is 35.3 Å². The van der Waals surface area contributed by atoms with Crippen LogP contribution in [-0.4, -0.2) is 15.0 Å². The first kappa shape index (κ1) is 9.13. The molecular formula is C27H18ClN3. The molecule has 0 aliphatic carbocycles. The molecule has 0 unspecified atom stereocenters. The number of aromatic nitrogens is 3. The number of rotatable bonds is 4. The van der Waals surface area contributed by atoms with E-state index in [1.165, 1.54) is 24.3 Å². The first-order valence-corrected chi connectivity index (χ1v) is 9.23. The van der Waals surface area contributed by atoms with Crippen molar-refractivity contribution in [3.8, 4) is 45.3 Å². The van der Waals surface area contributed by atoms with E-state index < -0.39 is 107 Å². The number of hydrogen-bond acceptors (Lipinski definition) is 3. The predicted molar refractivity (Wildman–Crippen MR) is 127 cm³/mol. The molecule has 4 heteroatoms. The minimum absolute atomic E-state index is 0.0477. The maximum Gasteiger partial charge on any atom is 0.164 e. The molecule has 0 bridgehead atoms. The first-order valence-electron chi connectivity index (χ1n) is 15.9. The quantitative estimate of drug-likeness (QED) is 0.301. The monoisotopic (exact) mass is 433 g/mol. The lowest BCUT2D eigenvalue weighted by Crippen LogP contribution is -2.00. The summed E-state index contributed by atoms with van der Waals surface area (Å²) in [5.41, 5.74) is -0.303. The summed E-state index contributed by atoms with van der Waals surface area (Å²) in [5.74, 6) is -0.958. The van der Waals surface area contributed by atoms with Crippen LogP contribution in [0.4, 0.5) is 0 Å². The highest BCUT2D eigenvalue weighted by Crippen LogP contribution is 2.27. The third-order valence-electron chi connectivity index (χ3n) is 4.11. The summed E-state index contributed by atoms with van der Waals surface area (Å²) >= 11 is 5.97. The summed E-state index contributed by atoms with van der Waals surface area (Å²) < 4.78 is 114. The molecule has 1 heterocycles. The van der Waals surface area contributed by atoms with E-state index >= 15 is 0 Å². The van der Waals surface area contributed by atoms with Gasteiger partial charge >= 0.3 is 0 Å². The van der Waals surface area contributed by atoms with E-state index in [-0.39, 0.29) is 28.1 Å². The molecule has 0 saturated carbocycles. The van der Waals surface area contributed by atoms with Crippen molar-refractivity contribution in [2.24, 2.45) is 0 Å². The lowest BCUT2D eigenvalue weighted by molar-refractivity contribution is 1.07. The lowest BCUT2D eigenvalue weighted by Gasteiger charge is -2.09. The van der Waals surface area contributed by atoms with Gasteiger partial charge in [0, 0.05) is 21.7 Å². The molecule has 5 aromatic rings. The minimum Gasteiger partial charge on any atom is -0.208 e. The van der Waals surface area contributed by atoms with Crippen molar-refractivity contribution < 1.29 is 19.2 Å². The van der Waals surface area contributed by atoms with Gasteiger partial charge in [-0.25, -0.2) is 15.0 Å². The van der Waals surface area contributed by atoms with Gasteiger partial charge in [0.2, 0.25) is 0 Å². The Morgan fingerprint density at radius 3 is 1.42 bits per heavy atom. The normalized spacial score (nSPS) is 17.1. The van der Waals surface area contributed by atoms with Gasteiger partial charge in [0.15, 0.2) is 17.5 Å². The van der Waals surface area contributed by atoms with E-state index in [1.807, 2.05) is 0 Å². The Morgan fingerprint density at radius 2 is 0.871 bits per heavy atom. The average Bonchev–Trinajstić information content (AvgIpc) is 3.03. The Bertz CT molecular complexity index is 1890. The number of nitrogens with zero attached hydrogens (tertiary/aromatic N) is 3. The molecule has 0 atom stereocenters. The second-order valence-electron chi connectivity index (χ2n) is 6.07. The molecule has 0 aliphatic rings. The van der Waals surface area contributed by atoms with Crippen LogP contribution in [0.1, 0.15) is 19.2 Å². The van der Waals surface area contributed by atoms with E-state index in [1.54, 1.807) is 0 Å². The number of benzene rings is 4. The number of halogens is 1. The number of hydrogen-bond donors (Lipinski definition) is 0. The highest BCUT2D eigenvalue weighted by atomic mass is 35.5. The molecule has 5 rings (SSSR count). The van der Waals surface area contributed by atoms with Crippen molar-refractivity contribution in [2.75, 3.05) is 0 Å². The molecule has 0 amide bonds. The molecule has 0 spiro atoms. The van der Waals surface area contributed by atoms with E-state index in [9.17, 15) is 0 Å². The minimum atomic E-state index is -0.659. The average molecular weight is 434 g/mol. The maximum atomic E-state index is 8.44. The molecule has 4 aromatic carbocycles. The van der Waals surface area contributed by atoms with Gasteiger partial charge in [-0.3, -0.25) is 0 Å². The molecule has 148 valence electrons. The summed E-state index contributed by atoms with van der Waals surface area (Å²) in [6, 6.07) is -2.09. The Labute approximate surface area is 205 Å². The molecule has 1 aromatic heterocycles. The van der Waals surface area contributed by atoms with Gasteiger partial charge in [-0.2, -0.15) is 0 Å². The Kier molecular flexibility index (Phi) is 2.50. The third-order valence-corrected chi connectivity index (χ3v) is 4.30. The largest absolute Gasteiger partial charge is 0.208 e. The van der Waals surface area contributed by atoms with Crippen LogP contribution < -0.4 is 0 Å². The molecule has 0 fully saturated rings. The fourth-order valence-electron chi connectivity index (χ4n) is 2.68. The van der Waals surface area contributed by atoms with E-state index in [0.29, 0.717) is 0 Å². The summed E-state index contributed by atoms with van der Waals surface area (Å²) in [7, 11) is 0. The summed E-state index contributed by atoms with van der Waals surface area (Å²) in [6.45, 7) is 0. The van der Waals surface area contributed by atoms with Crippen LogP contribution in [0.2, 0.25) is 5.02 Å². The van der Waals surface area contributed by atoms with Crippen LogP contribution in [0.5, 0.6) is 0 Å². The van der Waals surface area contributed by atoms with Crippen molar-refractivity contribution in [1.29, 1.82) is 0 Å². The van der Waals surface area contributed by atoms with Crippen molar-refractivity contribution in [3.63, 3.8) is 0 Å². The van der Waals surface area contributed by atoms with Gasteiger partial charge < -0.3 is 0 Å². The highest BCUT2D eigenvalue weighted by molar-refractivity contribution is 6.30. The van der Waals surface area contributed by atoms with E-state index in [2.05, 4.69) is 15.0 Å². The summed E-state index contributed by atoms with van der Waals surface area (Å²) in [5, 5.41) is -0.433. The SMILES string of the molecule is [2H]c1c([2H])c([2H])c(-c2ccc(-c3nc(-c4c([2H])c([2H])c([2H])c([2H])c4[2H])nc(-c4c([2H])c([2H])c(Cl)c([2H])c4[2H])n3)cc2)c([2H])c1[2H]. The van der Waals surface area contributed by atoms with Crippen molar-refractivity contribution >= 4 is 11.6 Å². The molecule has 3 nitrogen and oxygen atoms in total. The van der Waals surface area contributed by atoms with Crippen LogP contribution >= 0.6 is 11.6 Å². The van der Waals surface area contributed by atoms with Gasteiger partial charge in [0.05, 0.1) is 19.2 Å². The van der Waals surface area contributed by atoms with Gasteiger partial charge in [0.1, 0.15) is 0 Å². The zero-order chi connectivity index (χ0) is 33.2. The fourth-order valence-corrected chi connectivity index (χ4v) is 2.77. The molecule has 0 aliphatic heterocycles. The van der Waals surface area contributed by atoms with E-state index in [0.717, 1.165) is 0 Å². The Morgan fingerprint density at radius 1 is 0.452 bits per heavy atom. The first-order chi connectivity index (χ1) is 21.1. The maximum absolute atomic E-state index is 8.44. The van der Waals surface area contributed by atoms with Crippen LogP contribution in [0, 0.1) is 0 Å². The zero-order valence-electron chi connectivity index (χ0n) is 29.5. The fraction of sp³-hybridized carbons (Fsp3) is 0. The van der Waals surface area contributed by atoms with E-state index in [4.69, 9.17) is 30.8 Å². The topological polar surface area (TPSA) is 38.7 Å². The van der Waals surface area contributed by atoms with Crippen LogP contribution in [0.3, 0.4) is 0 Å². The second kappa shape index (κ2) is 8.50. The molecule has 0 N–H and O–H groups in total. The molecule has 0 radical (unpaired) electrons. The third kappa shape index (κ3) is 4.23. The van der Waals surface area contributed by atoms with Crippen molar-refractivity contribution in [1.82, 2.24) is 15.0 Å². The standard InChI is InChI=1S/C27H18ClN3/c28-24-17-15-23(16-18-24)27-30-25(21-9-5-2-6-10-21)29-26(31-27)22-13-11-20(12-14-22)19-7-3-1-4-8-19/h1-18H/i1D,2D,3D,4D,5D,6D,7D,8D,9D,10D,15D,16D,17D,18D. The smallest absolute Gasteiger partial charge is 0.164 e. The van der Waals surface area contributed by atoms with Crippen LogP contribution in [0.15, 0.2) is 109 Å². The van der Waals surface area contributed by atoms with Crippen LogP contribution in [0.25, 0.3) is 45.3 Å². The van der Waals surface area contributed by atoms with Crippen molar-refractivity contribution in [2.45, 2.75) is 0 Å². The Balaban J connectivity index is 1.79. The molecule has 0 saturated heterocycles. The van der Waals surface area contributed by atoms with Crippen molar-refractivity contribution in [3.05, 3.63) is 114 Å². The molecular weight excluding hydrogens is 402 g/mol. The van der Waals surface area contributed by atoms with Gasteiger partial charge in [0.25, 0.3) is 0 Å². The van der Waals surface area contributed by atoms with Crippen LogP contribution in [-0.2, 0) is 0 Å². The van der Waals surface area contributed by atoms with Gasteiger partial charge in [-0.15, -0.1) is 0 Å². The highest BCUT2D eigenvalue weighted by Gasteiger charge is 2.12. The summed E-state index contributed by atoms with van der Waals surface area (Å²) in [6.07, 6.45) is 0. The zero-order valence-corrected chi connectivity index (χ0v) is 16.3. The van der Waals surface area contributed by atoms with Gasteiger partial charge in [-0.1, -0.05) is 96.3 Å². The predicted octanol–water partition coefficient (Wildman–Crippen LogP) is 7.19.